The van der Waals surface area contributed by atoms with Crippen molar-refractivity contribution in [1.82, 2.24) is 5.32 Å². The first kappa shape index (κ1) is 16.8. The minimum absolute atomic E-state index is 0.0505. The number of hydrogen-bond donors (Lipinski definition) is 2. The van der Waals surface area contributed by atoms with Crippen molar-refractivity contribution in [3.05, 3.63) is 23.8 Å². The maximum absolute atomic E-state index is 11.8. The number of benzene rings is 1. The molecule has 4 nitrogen and oxygen atoms in total. The Morgan fingerprint density at radius 1 is 1.32 bits per heavy atom. The molecule has 0 aromatic heterocycles. The number of nitrogens with one attached hydrogen (secondary N) is 2. The molecule has 4 heteroatoms. The van der Waals surface area contributed by atoms with E-state index >= 15 is 0 Å². The van der Waals surface area contributed by atoms with Gasteiger partial charge < -0.3 is 15.4 Å². The molecule has 2 N–H and O–H groups in total. The monoisotopic (exact) mass is 304 g/mol. The zero-order valence-corrected chi connectivity index (χ0v) is 13.8. The summed E-state index contributed by atoms with van der Waals surface area (Å²) < 4.78 is 5.72. The van der Waals surface area contributed by atoms with Crippen molar-refractivity contribution in [3.8, 4) is 5.75 Å². The lowest BCUT2D eigenvalue weighted by Crippen LogP contribution is -2.28. The highest BCUT2D eigenvalue weighted by molar-refractivity contribution is 5.92. The fourth-order valence-corrected chi connectivity index (χ4v) is 2.93. The van der Waals surface area contributed by atoms with Crippen LogP contribution in [0.5, 0.6) is 5.75 Å². The van der Waals surface area contributed by atoms with Crippen molar-refractivity contribution in [2.45, 2.75) is 46.0 Å². The zero-order valence-electron chi connectivity index (χ0n) is 13.8. The minimum atomic E-state index is 0.0505. The van der Waals surface area contributed by atoms with Crippen LogP contribution in [0.2, 0.25) is 0 Å². The normalized spacial score (nSPS) is 15.5. The van der Waals surface area contributed by atoms with E-state index in [1.54, 1.807) is 0 Å². The van der Waals surface area contributed by atoms with E-state index in [1.807, 2.05) is 19.9 Å². The second-order valence-electron chi connectivity index (χ2n) is 5.96. The van der Waals surface area contributed by atoms with E-state index in [0.717, 1.165) is 43.3 Å². The Bertz CT molecular complexity index is 482. The summed E-state index contributed by atoms with van der Waals surface area (Å²) in [6, 6.07) is 6.19. The Morgan fingerprint density at radius 3 is 2.77 bits per heavy atom. The molecule has 1 amide bonds. The van der Waals surface area contributed by atoms with Crippen molar-refractivity contribution >= 4 is 11.6 Å². The van der Waals surface area contributed by atoms with Crippen molar-refractivity contribution in [3.63, 3.8) is 0 Å². The van der Waals surface area contributed by atoms with Gasteiger partial charge in [-0.05, 0) is 69.3 Å². The average Bonchev–Trinajstić information content (AvgIpc) is 2.51. The third-order valence-corrected chi connectivity index (χ3v) is 4.08. The number of rotatable bonds is 7. The lowest BCUT2D eigenvalue weighted by atomic mass is 9.91. The van der Waals surface area contributed by atoms with E-state index in [9.17, 15) is 4.79 Å². The molecule has 22 heavy (non-hydrogen) atoms. The molecular weight excluding hydrogens is 276 g/mol. The molecule has 0 atom stereocenters. The zero-order chi connectivity index (χ0) is 15.8. The van der Waals surface area contributed by atoms with Gasteiger partial charge in [-0.15, -0.1) is 0 Å². The summed E-state index contributed by atoms with van der Waals surface area (Å²) in [5, 5.41) is 6.36. The summed E-state index contributed by atoms with van der Waals surface area (Å²) in [6.45, 7) is 6.82. The molecule has 1 saturated heterocycles. The van der Waals surface area contributed by atoms with Crippen LogP contribution in [-0.4, -0.2) is 25.6 Å². The standard InChI is InChI=1S/C18H28N2O2/c1-3-5-18(21)20-16-7-6-15(13-17(16)22-4-2)12-14-8-10-19-11-9-14/h6-7,13-14,19H,3-5,8-12H2,1-2H3,(H,20,21). The van der Waals surface area contributed by atoms with Crippen LogP contribution in [-0.2, 0) is 11.2 Å². The van der Waals surface area contributed by atoms with Crippen LogP contribution in [0.25, 0.3) is 0 Å². The summed E-state index contributed by atoms with van der Waals surface area (Å²) in [7, 11) is 0. The van der Waals surface area contributed by atoms with Gasteiger partial charge in [-0.3, -0.25) is 4.79 Å². The lowest BCUT2D eigenvalue weighted by Gasteiger charge is -2.23. The molecule has 0 saturated carbocycles. The molecule has 0 unspecified atom stereocenters. The predicted octanol–water partition coefficient (Wildman–Crippen LogP) is 3.37. The van der Waals surface area contributed by atoms with Gasteiger partial charge in [0, 0.05) is 6.42 Å². The highest BCUT2D eigenvalue weighted by Crippen LogP contribution is 2.28. The molecule has 1 aliphatic heterocycles. The first-order chi connectivity index (χ1) is 10.7. The smallest absolute Gasteiger partial charge is 0.224 e. The second kappa shape index (κ2) is 8.79. The second-order valence-corrected chi connectivity index (χ2v) is 5.96. The molecule has 1 aliphatic rings. The van der Waals surface area contributed by atoms with E-state index in [-0.39, 0.29) is 5.91 Å². The van der Waals surface area contributed by atoms with E-state index in [4.69, 9.17) is 4.74 Å². The topological polar surface area (TPSA) is 50.4 Å². The summed E-state index contributed by atoms with van der Waals surface area (Å²) in [6.07, 6.45) is 4.95. The minimum Gasteiger partial charge on any atom is -0.492 e. The third-order valence-electron chi connectivity index (χ3n) is 4.08. The fourth-order valence-electron chi connectivity index (χ4n) is 2.93. The number of hydrogen-bond acceptors (Lipinski definition) is 3. The van der Waals surface area contributed by atoms with Crippen LogP contribution in [0.1, 0.15) is 45.1 Å². The van der Waals surface area contributed by atoms with Crippen molar-refractivity contribution in [2.75, 3.05) is 25.0 Å². The van der Waals surface area contributed by atoms with Gasteiger partial charge in [0.25, 0.3) is 0 Å². The number of anilines is 1. The molecule has 1 heterocycles. The largest absolute Gasteiger partial charge is 0.492 e. The van der Waals surface area contributed by atoms with Crippen LogP contribution in [0, 0.1) is 5.92 Å². The summed E-state index contributed by atoms with van der Waals surface area (Å²) in [4.78, 5) is 11.8. The molecule has 1 fully saturated rings. The molecule has 0 aliphatic carbocycles. The van der Waals surface area contributed by atoms with Gasteiger partial charge in [0.05, 0.1) is 12.3 Å². The highest BCUT2D eigenvalue weighted by atomic mass is 16.5. The van der Waals surface area contributed by atoms with E-state index < -0.39 is 0 Å². The van der Waals surface area contributed by atoms with Gasteiger partial charge in [0.1, 0.15) is 5.75 Å². The Hall–Kier alpha value is -1.55. The van der Waals surface area contributed by atoms with E-state index in [2.05, 4.69) is 22.8 Å². The Kier molecular flexibility index (Phi) is 6.72. The summed E-state index contributed by atoms with van der Waals surface area (Å²) in [5.41, 5.74) is 2.08. The van der Waals surface area contributed by atoms with Crippen LogP contribution in [0.3, 0.4) is 0 Å². The van der Waals surface area contributed by atoms with Crippen molar-refractivity contribution < 1.29 is 9.53 Å². The number of amides is 1. The van der Waals surface area contributed by atoms with Crippen LogP contribution < -0.4 is 15.4 Å². The highest BCUT2D eigenvalue weighted by Gasteiger charge is 2.15. The molecule has 122 valence electrons. The molecule has 0 radical (unpaired) electrons. The molecule has 0 bridgehead atoms. The number of carbonyl (C=O) groups excluding carboxylic acids is 1. The molecule has 1 aromatic carbocycles. The lowest BCUT2D eigenvalue weighted by molar-refractivity contribution is -0.116. The van der Waals surface area contributed by atoms with Crippen LogP contribution in [0.15, 0.2) is 18.2 Å². The maximum Gasteiger partial charge on any atom is 0.224 e. The van der Waals surface area contributed by atoms with Gasteiger partial charge in [-0.1, -0.05) is 13.0 Å². The summed E-state index contributed by atoms with van der Waals surface area (Å²) >= 11 is 0. The SMILES string of the molecule is CCCC(=O)Nc1ccc(CC2CCNCC2)cc1OCC. The van der Waals surface area contributed by atoms with E-state index in [1.165, 1.54) is 18.4 Å². The van der Waals surface area contributed by atoms with Gasteiger partial charge in [-0.25, -0.2) is 0 Å². The first-order valence-electron chi connectivity index (χ1n) is 8.49. The summed E-state index contributed by atoms with van der Waals surface area (Å²) in [5.74, 6) is 1.59. The average molecular weight is 304 g/mol. The Morgan fingerprint density at radius 2 is 2.09 bits per heavy atom. The van der Waals surface area contributed by atoms with E-state index in [0.29, 0.717) is 13.0 Å². The Balaban J connectivity index is 2.06. The predicted molar refractivity (Wildman–Crippen MR) is 90.4 cm³/mol. The molecule has 0 spiro atoms. The van der Waals surface area contributed by atoms with Crippen LogP contribution >= 0.6 is 0 Å². The van der Waals surface area contributed by atoms with Gasteiger partial charge in [-0.2, -0.15) is 0 Å². The maximum atomic E-state index is 11.8. The fraction of sp³-hybridized carbons (Fsp3) is 0.611. The van der Waals surface area contributed by atoms with Crippen molar-refractivity contribution in [2.24, 2.45) is 5.92 Å². The first-order valence-corrected chi connectivity index (χ1v) is 8.49. The van der Waals surface area contributed by atoms with Gasteiger partial charge in [0.15, 0.2) is 0 Å². The molecule has 1 aromatic rings. The third kappa shape index (κ3) is 5.02. The van der Waals surface area contributed by atoms with Crippen LogP contribution in [0.4, 0.5) is 5.69 Å². The number of ether oxygens (including phenoxy) is 1. The molecule has 2 rings (SSSR count). The van der Waals surface area contributed by atoms with Gasteiger partial charge >= 0.3 is 0 Å². The van der Waals surface area contributed by atoms with Crippen molar-refractivity contribution in [1.29, 1.82) is 0 Å². The molecular formula is C18H28N2O2. The quantitative estimate of drug-likeness (QED) is 0.812. The number of carbonyl (C=O) groups is 1. The number of piperidine rings is 1. The Labute approximate surface area is 133 Å². The van der Waals surface area contributed by atoms with Gasteiger partial charge in [0.2, 0.25) is 5.91 Å².